The Kier molecular flexibility index (Phi) is 3.29. The minimum Gasteiger partial charge on any atom is -0.276 e. The third-order valence-corrected chi connectivity index (χ3v) is 2.39. The predicted octanol–water partition coefficient (Wildman–Crippen LogP) is 2.75. The molecule has 0 aliphatic heterocycles. The van der Waals surface area contributed by atoms with E-state index >= 15 is 0 Å². The largest absolute Gasteiger partial charge is 0.276 e. The first-order chi connectivity index (χ1) is 6.42. The van der Waals surface area contributed by atoms with Gasteiger partial charge < -0.3 is 0 Å². The third kappa shape index (κ3) is 3.12. The van der Waals surface area contributed by atoms with Gasteiger partial charge in [-0.1, -0.05) is 0 Å². The number of anilines is 1. The highest BCUT2D eigenvalue weighted by atomic mass is 32.1. The zero-order valence-electron chi connectivity index (χ0n) is 8.90. The standard InChI is InChI=1S/C10H15NO2S/c1-8-5-6-9(14-8)11(7-12)13-10(2,3)4/h5-7H,1-4H3. The van der Waals surface area contributed by atoms with Crippen LogP contribution >= 0.6 is 11.3 Å². The van der Waals surface area contributed by atoms with Crippen LogP contribution < -0.4 is 5.06 Å². The van der Waals surface area contributed by atoms with Crippen molar-refractivity contribution < 1.29 is 9.63 Å². The molecule has 0 bridgehead atoms. The highest BCUT2D eigenvalue weighted by Crippen LogP contribution is 2.26. The Morgan fingerprint density at radius 3 is 2.43 bits per heavy atom. The number of carbonyl (C=O) groups excluding carboxylic acids is 1. The number of amides is 1. The molecular weight excluding hydrogens is 198 g/mol. The van der Waals surface area contributed by atoms with Crippen LogP contribution in [0, 0.1) is 6.92 Å². The average Bonchev–Trinajstić information content (AvgIpc) is 2.46. The van der Waals surface area contributed by atoms with E-state index in [4.69, 9.17) is 4.84 Å². The molecule has 1 rings (SSSR count). The molecule has 1 aromatic heterocycles. The van der Waals surface area contributed by atoms with Crippen molar-refractivity contribution in [3.8, 4) is 0 Å². The van der Waals surface area contributed by atoms with Gasteiger partial charge in [-0.15, -0.1) is 11.3 Å². The minimum absolute atomic E-state index is 0.362. The number of thiophene rings is 1. The van der Waals surface area contributed by atoms with Crippen LogP contribution in [0.2, 0.25) is 0 Å². The molecule has 3 nitrogen and oxygen atoms in total. The molecule has 1 amide bonds. The van der Waals surface area contributed by atoms with E-state index in [0.29, 0.717) is 6.41 Å². The quantitative estimate of drug-likeness (QED) is 0.570. The lowest BCUT2D eigenvalue weighted by molar-refractivity contribution is -0.119. The molecule has 0 aliphatic rings. The van der Waals surface area contributed by atoms with Crippen LogP contribution in [0.15, 0.2) is 12.1 Å². The van der Waals surface area contributed by atoms with Gasteiger partial charge in [0.05, 0.1) is 5.60 Å². The van der Waals surface area contributed by atoms with Gasteiger partial charge >= 0.3 is 0 Å². The van der Waals surface area contributed by atoms with Gasteiger partial charge in [0.2, 0.25) is 6.41 Å². The summed E-state index contributed by atoms with van der Waals surface area (Å²) in [5.41, 5.74) is -0.362. The van der Waals surface area contributed by atoms with Gasteiger partial charge in [0.25, 0.3) is 0 Å². The Morgan fingerprint density at radius 2 is 2.07 bits per heavy atom. The van der Waals surface area contributed by atoms with Gasteiger partial charge in [0.15, 0.2) is 0 Å². The summed E-state index contributed by atoms with van der Waals surface area (Å²) in [5.74, 6) is 0. The molecule has 0 atom stereocenters. The lowest BCUT2D eigenvalue weighted by Gasteiger charge is -2.25. The zero-order valence-corrected chi connectivity index (χ0v) is 9.72. The second-order valence-corrected chi connectivity index (χ2v) is 5.29. The summed E-state index contributed by atoms with van der Waals surface area (Å²) < 4.78 is 0. The van der Waals surface area contributed by atoms with E-state index in [2.05, 4.69) is 0 Å². The number of hydrogen-bond acceptors (Lipinski definition) is 3. The topological polar surface area (TPSA) is 29.5 Å². The fourth-order valence-corrected chi connectivity index (χ4v) is 1.73. The van der Waals surface area contributed by atoms with Crippen molar-refractivity contribution in [3.05, 3.63) is 17.0 Å². The van der Waals surface area contributed by atoms with Crippen LogP contribution in [0.5, 0.6) is 0 Å². The Balaban J connectivity index is 2.77. The Bertz CT molecular complexity index is 314. The van der Waals surface area contributed by atoms with Crippen LogP contribution in [0.3, 0.4) is 0 Å². The van der Waals surface area contributed by atoms with Gasteiger partial charge in [-0.3, -0.25) is 9.63 Å². The molecule has 0 aromatic carbocycles. The Hall–Kier alpha value is -0.870. The highest BCUT2D eigenvalue weighted by molar-refractivity contribution is 7.16. The maximum absolute atomic E-state index is 10.8. The van der Waals surface area contributed by atoms with Gasteiger partial charge in [0.1, 0.15) is 5.00 Å². The van der Waals surface area contributed by atoms with Crippen molar-refractivity contribution in [2.24, 2.45) is 0 Å². The number of carbonyl (C=O) groups is 1. The molecule has 1 aromatic rings. The normalized spacial score (nSPS) is 11.4. The van der Waals surface area contributed by atoms with Gasteiger partial charge in [-0.2, -0.15) is 5.06 Å². The van der Waals surface area contributed by atoms with Crippen LogP contribution in [0.4, 0.5) is 5.00 Å². The molecule has 0 spiro atoms. The lowest BCUT2D eigenvalue weighted by atomic mass is 10.2. The smallest absolute Gasteiger partial charge is 0.238 e. The number of hydroxylamine groups is 1. The van der Waals surface area contributed by atoms with E-state index < -0.39 is 0 Å². The first-order valence-corrected chi connectivity index (χ1v) is 5.24. The summed E-state index contributed by atoms with van der Waals surface area (Å²) in [6.07, 6.45) is 0.691. The van der Waals surface area contributed by atoms with Crippen molar-refractivity contribution >= 4 is 22.7 Å². The van der Waals surface area contributed by atoms with Crippen molar-refractivity contribution in [1.29, 1.82) is 0 Å². The molecule has 0 saturated carbocycles. The zero-order chi connectivity index (χ0) is 10.8. The molecular formula is C10H15NO2S. The molecule has 0 aliphatic carbocycles. The lowest BCUT2D eigenvalue weighted by Crippen LogP contribution is -2.32. The molecule has 0 N–H and O–H groups in total. The number of aryl methyl sites for hydroxylation is 1. The van der Waals surface area contributed by atoms with E-state index in [0.717, 1.165) is 9.88 Å². The van der Waals surface area contributed by atoms with Gasteiger partial charge in [-0.05, 0) is 39.8 Å². The van der Waals surface area contributed by atoms with Crippen LogP contribution in [-0.2, 0) is 9.63 Å². The van der Waals surface area contributed by atoms with Gasteiger partial charge in [-0.25, -0.2) is 0 Å². The van der Waals surface area contributed by atoms with Crippen LogP contribution in [0.25, 0.3) is 0 Å². The van der Waals surface area contributed by atoms with Crippen molar-refractivity contribution in [2.75, 3.05) is 5.06 Å². The molecule has 78 valence electrons. The summed E-state index contributed by atoms with van der Waals surface area (Å²) in [6, 6.07) is 3.84. The minimum atomic E-state index is -0.362. The number of hydrogen-bond donors (Lipinski definition) is 0. The Morgan fingerprint density at radius 1 is 1.43 bits per heavy atom. The average molecular weight is 213 g/mol. The van der Waals surface area contributed by atoms with Crippen molar-refractivity contribution in [2.45, 2.75) is 33.3 Å². The first kappa shape index (κ1) is 11.2. The molecule has 0 fully saturated rings. The maximum Gasteiger partial charge on any atom is 0.238 e. The molecule has 0 radical (unpaired) electrons. The van der Waals surface area contributed by atoms with E-state index in [1.807, 2.05) is 39.8 Å². The summed E-state index contributed by atoms with van der Waals surface area (Å²) in [4.78, 5) is 17.4. The van der Waals surface area contributed by atoms with E-state index in [9.17, 15) is 4.79 Å². The van der Waals surface area contributed by atoms with E-state index in [1.54, 1.807) is 0 Å². The Labute approximate surface area is 88.3 Å². The maximum atomic E-state index is 10.8. The molecule has 4 heteroatoms. The second-order valence-electron chi connectivity index (χ2n) is 4.02. The van der Waals surface area contributed by atoms with Gasteiger partial charge in [0, 0.05) is 4.88 Å². The number of nitrogens with zero attached hydrogens (tertiary/aromatic N) is 1. The van der Waals surface area contributed by atoms with Crippen molar-refractivity contribution in [1.82, 2.24) is 0 Å². The summed E-state index contributed by atoms with van der Waals surface area (Å²) >= 11 is 1.53. The highest BCUT2D eigenvalue weighted by Gasteiger charge is 2.18. The number of rotatable bonds is 3. The predicted molar refractivity (Wildman–Crippen MR) is 58.4 cm³/mol. The van der Waals surface area contributed by atoms with E-state index in [-0.39, 0.29) is 5.60 Å². The van der Waals surface area contributed by atoms with Crippen molar-refractivity contribution in [3.63, 3.8) is 0 Å². The van der Waals surface area contributed by atoms with Crippen LogP contribution in [0.1, 0.15) is 25.6 Å². The summed E-state index contributed by atoms with van der Waals surface area (Å²) in [5, 5.41) is 2.09. The molecule has 0 saturated heterocycles. The molecule has 0 unspecified atom stereocenters. The second kappa shape index (κ2) is 4.11. The molecule has 14 heavy (non-hydrogen) atoms. The SMILES string of the molecule is Cc1ccc(N(C=O)OC(C)(C)C)s1. The summed E-state index contributed by atoms with van der Waals surface area (Å²) in [7, 11) is 0. The summed E-state index contributed by atoms with van der Waals surface area (Å²) in [6.45, 7) is 7.71. The van der Waals surface area contributed by atoms with E-state index in [1.165, 1.54) is 16.4 Å². The fraction of sp³-hybridized carbons (Fsp3) is 0.500. The third-order valence-electron chi connectivity index (χ3n) is 1.41. The monoisotopic (exact) mass is 213 g/mol. The molecule has 1 heterocycles. The fourth-order valence-electron chi connectivity index (χ4n) is 0.954. The first-order valence-electron chi connectivity index (χ1n) is 4.42. The van der Waals surface area contributed by atoms with Crippen LogP contribution in [-0.4, -0.2) is 12.0 Å².